The molecule has 270 valence electrons. The summed E-state index contributed by atoms with van der Waals surface area (Å²) in [7, 11) is 5.16. The number of carboxylic acids is 1. The summed E-state index contributed by atoms with van der Waals surface area (Å²) in [5, 5.41) is 26.3. The van der Waals surface area contributed by atoms with Crippen LogP contribution < -0.4 is 19.5 Å². The maximum Gasteiger partial charge on any atom is 0.346 e. The lowest BCUT2D eigenvalue weighted by atomic mass is 9.61. The highest BCUT2D eigenvalue weighted by Gasteiger charge is 2.53. The molecule has 1 saturated carbocycles. The van der Waals surface area contributed by atoms with E-state index in [4.69, 9.17) is 37.4 Å². The van der Waals surface area contributed by atoms with Crippen molar-refractivity contribution in [3.8, 4) is 11.5 Å². The number of hydrogen-bond acceptors (Lipinski definition) is 9. The van der Waals surface area contributed by atoms with Crippen LogP contribution in [0.1, 0.15) is 68.4 Å². The summed E-state index contributed by atoms with van der Waals surface area (Å²) < 4.78 is 17.7. The molecule has 0 amide bonds. The molecule has 1 saturated heterocycles. The first kappa shape index (κ1) is 36.9. The number of carboxylic acid groups (broad SMARTS) is 1. The van der Waals surface area contributed by atoms with Gasteiger partial charge in [-0.15, -0.1) is 11.3 Å². The number of likely N-dealkylation sites (tertiary alicyclic amines) is 1. The normalized spacial score (nSPS) is 20.0. The van der Waals surface area contributed by atoms with Gasteiger partial charge in [-0.25, -0.2) is 4.79 Å². The molecular formula is C38H41Cl2N3O7S. The molecule has 13 heteroatoms. The molecule has 4 aromatic rings. The van der Waals surface area contributed by atoms with Gasteiger partial charge in [-0.1, -0.05) is 59.6 Å². The fraction of sp³-hybridized carbons (Fsp3) is 0.395. The third-order valence-electron chi connectivity index (χ3n) is 10.1. The second-order valence-electron chi connectivity index (χ2n) is 13.3. The first-order valence-electron chi connectivity index (χ1n) is 16.8. The van der Waals surface area contributed by atoms with E-state index < -0.39 is 17.3 Å². The van der Waals surface area contributed by atoms with Gasteiger partial charge in [0.15, 0.2) is 23.9 Å². The van der Waals surface area contributed by atoms with Crippen molar-refractivity contribution in [2.45, 2.75) is 62.1 Å². The Morgan fingerprint density at radius 3 is 2.33 bits per heavy atom. The Morgan fingerprint density at radius 2 is 1.71 bits per heavy atom. The summed E-state index contributed by atoms with van der Waals surface area (Å²) in [6.07, 6.45) is 5.40. The van der Waals surface area contributed by atoms with E-state index in [0.717, 1.165) is 41.9 Å². The van der Waals surface area contributed by atoms with Crippen molar-refractivity contribution in [2.24, 2.45) is 0 Å². The topological polar surface area (TPSA) is 124 Å². The van der Waals surface area contributed by atoms with Crippen LogP contribution in [-0.4, -0.2) is 68.4 Å². The van der Waals surface area contributed by atoms with Crippen LogP contribution in [-0.2, 0) is 27.9 Å². The fourth-order valence-electron chi connectivity index (χ4n) is 7.19. The average molecular weight is 755 g/mol. The number of nitrogens with zero attached hydrogens (tertiary/aromatic N) is 2. The smallest absolute Gasteiger partial charge is 0.346 e. The van der Waals surface area contributed by atoms with Gasteiger partial charge >= 0.3 is 11.9 Å². The molecule has 2 aromatic carbocycles. The Morgan fingerprint density at radius 1 is 1.04 bits per heavy atom. The van der Waals surface area contributed by atoms with Gasteiger partial charge in [0.1, 0.15) is 21.0 Å². The number of pyridine rings is 1. The molecule has 10 nitrogen and oxygen atoms in total. The molecule has 0 unspecified atom stereocenters. The minimum Gasteiger partial charge on any atom is -0.619 e. The predicted octanol–water partition coefficient (Wildman–Crippen LogP) is 6.61. The lowest BCUT2D eigenvalue weighted by Crippen LogP contribution is -2.57. The Balaban J connectivity index is 1.25. The van der Waals surface area contributed by atoms with Crippen molar-refractivity contribution in [1.29, 1.82) is 0 Å². The molecule has 51 heavy (non-hydrogen) atoms. The van der Waals surface area contributed by atoms with Crippen LogP contribution in [0.3, 0.4) is 0 Å². The van der Waals surface area contributed by atoms with Crippen molar-refractivity contribution in [3.63, 3.8) is 0 Å². The van der Waals surface area contributed by atoms with Crippen LogP contribution in [0.25, 0.3) is 0 Å². The van der Waals surface area contributed by atoms with Crippen LogP contribution in [0.2, 0.25) is 10.0 Å². The number of piperidine rings is 1. The maximum atomic E-state index is 13.8. The van der Waals surface area contributed by atoms with E-state index in [1.54, 1.807) is 13.2 Å². The third-order valence-corrected chi connectivity index (χ3v) is 11.9. The van der Waals surface area contributed by atoms with Gasteiger partial charge < -0.3 is 34.7 Å². The molecule has 6 rings (SSSR count). The molecular weight excluding hydrogens is 713 g/mol. The highest BCUT2D eigenvalue weighted by atomic mass is 35.5. The zero-order chi connectivity index (χ0) is 36.3. The minimum absolute atomic E-state index is 0.0245. The summed E-state index contributed by atoms with van der Waals surface area (Å²) in [5.74, 6) is -0.733. The minimum atomic E-state index is -1.06. The van der Waals surface area contributed by atoms with Gasteiger partial charge in [0.05, 0.1) is 19.6 Å². The van der Waals surface area contributed by atoms with Crippen molar-refractivity contribution in [3.05, 3.63) is 114 Å². The number of thiophene rings is 1. The zero-order valence-electron chi connectivity index (χ0n) is 28.7. The number of hydrogen-bond donors (Lipinski definition) is 2. The molecule has 2 fully saturated rings. The number of carbonyl (C=O) groups is 2. The number of aromatic nitrogens is 1. The number of carbonyl (C=O) groups excluding carboxylic acids is 1. The summed E-state index contributed by atoms with van der Waals surface area (Å²) in [6.45, 7) is 2.21. The molecule has 0 spiro atoms. The second kappa shape index (κ2) is 15.8. The second-order valence-corrected chi connectivity index (χ2v) is 15.3. The molecule has 3 heterocycles. The summed E-state index contributed by atoms with van der Waals surface area (Å²) >= 11 is 14.2. The zero-order valence-corrected chi connectivity index (χ0v) is 31.0. The SMILES string of the molecule is COc1ccc([C@H](Cc2c(Cl)c[n+]([O-])cc2Cl)c2cc(CNC3CC(C(=O)OC4CCN(C)CC4)(c4ccccc4)C3)sc2C(=O)O)cc1OC. The van der Waals surface area contributed by atoms with Crippen LogP contribution >= 0.6 is 34.5 Å². The number of rotatable bonds is 13. The van der Waals surface area contributed by atoms with Gasteiger partial charge in [-0.3, -0.25) is 4.79 Å². The summed E-state index contributed by atoms with van der Waals surface area (Å²) in [4.78, 5) is 29.7. The van der Waals surface area contributed by atoms with E-state index in [0.29, 0.717) is 46.7 Å². The van der Waals surface area contributed by atoms with Crippen molar-refractivity contribution in [2.75, 3.05) is 34.4 Å². The average Bonchev–Trinajstić information content (AvgIpc) is 3.53. The van der Waals surface area contributed by atoms with E-state index in [1.807, 2.05) is 48.5 Å². The van der Waals surface area contributed by atoms with Crippen molar-refractivity contribution >= 4 is 46.5 Å². The number of aromatic carboxylic acids is 1. The molecule has 2 aromatic heterocycles. The Kier molecular flexibility index (Phi) is 11.4. The standard InChI is InChI=1S/C38H41Cl2N3O7S/c1-42-13-11-26(12-14-42)50-37(46)38(24-7-5-4-6-8-24)18-25(19-38)41-20-27-16-29(35(51-27)36(44)45)28(17-30-31(39)21-43(47)22-32(30)40)23-9-10-33(48-2)34(15-23)49-3/h4-10,15-16,21-22,25-26,28,41H,11-14,17-20H2,1-3H3,(H,44,45)/t25?,28-,38?/m0/s1. The first-order chi connectivity index (χ1) is 24.5. The number of esters is 1. The maximum absolute atomic E-state index is 13.8. The van der Waals surface area contributed by atoms with E-state index in [-0.39, 0.29) is 39.5 Å². The van der Waals surface area contributed by atoms with Gasteiger partial charge in [-0.05, 0) is 74.0 Å². The van der Waals surface area contributed by atoms with E-state index in [1.165, 1.54) is 30.8 Å². The summed E-state index contributed by atoms with van der Waals surface area (Å²) in [6, 6.07) is 17.2. The monoisotopic (exact) mass is 753 g/mol. The molecule has 0 radical (unpaired) electrons. The molecule has 1 aliphatic carbocycles. The third kappa shape index (κ3) is 7.98. The van der Waals surface area contributed by atoms with E-state index in [9.17, 15) is 19.9 Å². The Labute approximate surface area is 311 Å². The molecule has 2 aliphatic rings. The van der Waals surface area contributed by atoms with Crippen LogP contribution in [0.5, 0.6) is 11.5 Å². The largest absolute Gasteiger partial charge is 0.619 e. The number of benzene rings is 2. The van der Waals surface area contributed by atoms with Crippen LogP contribution in [0, 0.1) is 5.21 Å². The number of nitrogens with one attached hydrogen (secondary N) is 1. The van der Waals surface area contributed by atoms with Gasteiger partial charge in [0.2, 0.25) is 0 Å². The Bertz CT molecular complexity index is 1850. The van der Waals surface area contributed by atoms with Gasteiger partial charge in [-0.2, -0.15) is 4.73 Å². The fourth-order valence-corrected chi connectivity index (χ4v) is 8.80. The molecule has 1 aliphatic heterocycles. The molecule has 2 N–H and O–H groups in total. The molecule has 1 atom stereocenters. The summed E-state index contributed by atoms with van der Waals surface area (Å²) in [5.41, 5.74) is 2.08. The predicted molar refractivity (Wildman–Crippen MR) is 196 cm³/mol. The van der Waals surface area contributed by atoms with Crippen molar-refractivity contribution in [1.82, 2.24) is 10.2 Å². The quantitative estimate of drug-likeness (QED) is 0.0883. The van der Waals surface area contributed by atoms with Crippen LogP contribution in [0.4, 0.5) is 0 Å². The first-order valence-corrected chi connectivity index (χ1v) is 18.4. The lowest BCUT2D eigenvalue weighted by Gasteiger charge is -2.47. The highest BCUT2D eigenvalue weighted by molar-refractivity contribution is 7.14. The Hall–Kier alpha value is -3.87. The van der Waals surface area contributed by atoms with Crippen LogP contribution in [0.15, 0.2) is 67.0 Å². The van der Waals surface area contributed by atoms with E-state index in [2.05, 4.69) is 17.3 Å². The van der Waals surface area contributed by atoms with Gasteiger partial charge in [0.25, 0.3) is 0 Å². The number of methoxy groups -OCH3 is 2. The van der Waals surface area contributed by atoms with Crippen molar-refractivity contribution < 1.29 is 33.6 Å². The number of ether oxygens (including phenoxy) is 3. The molecule has 0 bridgehead atoms. The number of halogens is 2. The highest BCUT2D eigenvalue weighted by Crippen LogP contribution is 2.46. The van der Waals surface area contributed by atoms with E-state index >= 15 is 0 Å². The van der Waals surface area contributed by atoms with Gasteiger partial charge in [0, 0.05) is 42.0 Å². The lowest BCUT2D eigenvalue weighted by molar-refractivity contribution is -0.605.